The Kier molecular flexibility index (Phi) is 6.69. The van der Waals surface area contributed by atoms with Crippen LogP contribution in [0.4, 0.5) is 4.79 Å². The van der Waals surface area contributed by atoms with E-state index < -0.39 is 6.10 Å². The fraction of sp³-hybridized carbons (Fsp3) is 0.588. The van der Waals surface area contributed by atoms with Gasteiger partial charge in [-0.3, -0.25) is 0 Å². The smallest absolute Gasteiger partial charge is 0.318 e. The van der Waals surface area contributed by atoms with E-state index >= 15 is 0 Å². The normalized spacial score (nSPS) is 14.1. The van der Waals surface area contributed by atoms with Crippen molar-refractivity contribution in [2.75, 3.05) is 6.54 Å². The number of aliphatic hydroxyl groups is 1. The lowest BCUT2D eigenvalue weighted by atomic mass is 9.96. The van der Waals surface area contributed by atoms with Crippen LogP contribution in [0.5, 0.6) is 0 Å². The van der Waals surface area contributed by atoms with Crippen molar-refractivity contribution in [3.63, 3.8) is 0 Å². The number of hydrogen-bond donors (Lipinski definition) is 2. The van der Waals surface area contributed by atoms with E-state index in [-0.39, 0.29) is 24.0 Å². The van der Waals surface area contributed by atoms with Crippen LogP contribution in [0.1, 0.15) is 46.2 Å². The van der Waals surface area contributed by atoms with E-state index in [4.69, 9.17) is 0 Å². The molecular weight excluding hydrogens is 264 g/mol. The zero-order chi connectivity index (χ0) is 16.0. The molecule has 4 nitrogen and oxygen atoms in total. The third-order valence-electron chi connectivity index (χ3n) is 3.45. The highest BCUT2D eigenvalue weighted by Crippen LogP contribution is 2.21. The van der Waals surface area contributed by atoms with Gasteiger partial charge < -0.3 is 15.3 Å². The number of nitrogens with zero attached hydrogens (tertiary/aromatic N) is 1. The van der Waals surface area contributed by atoms with Crippen LogP contribution < -0.4 is 5.32 Å². The molecule has 0 aromatic heterocycles. The number of benzene rings is 1. The zero-order valence-electron chi connectivity index (χ0n) is 13.7. The van der Waals surface area contributed by atoms with Gasteiger partial charge in [0.2, 0.25) is 0 Å². The van der Waals surface area contributed by atoms with E-state index in [9.17, 15) is 9.90 Å². The number of nitrogens with one attached hydrogen (secondary N) is 1. The predicted molar refractivity (Wildman–Crippen MR) is 86.1 cm³/mol. The van der Waals surface area contributed by atoms with Gasteiger partial charge in [0.25, 0.3) is 0 Å². The number of rotatable bonds is 6. The summed E-state index contributed by atoms with van der Waals surface area (Å²) in [6.45, 7) is 10.1. The first-order valence-electron chi connectivity index (χ1n) is 7.63. The van der Waals surface area contributed by atoms with E-state index in [0.717, 1.165) is 5.56 Å². The van der Waals surface area contributed by atoms with Gasteiger partial charge in [-0.25, -0.2) is 4.79 Å². The number of carbonyl (C=O) groups excluding carboxylic acids is 1. The standard InChI is InChI=1S/C17H28N2O2/c1-12(2)16(15-9-7-6-8-10-15)18-17(21)19(13(3)4)11-14(5)20/h6-10,12-14,16,20H,11H2,1-5H3,(H,18,21). The Morgan fingerprint density at radius 1 is 1.14 bits per heavy atom. The van der Waals surface area contributed by atoms with Crippen LogP contribution in [-0.4, -0.2) is 34.7 Å². The van der Waals surface area contributed by atoms with Gasteiger partial charge in [0.05, 0.1) is 12.1 Å². The summed E-state index contributed by atoms with van der Waals surface area (Å²) in [6, 6.07) is 9.86. The SMILES string of the molecule is CC(O)CN(C(=O)NC(c1ccccc1)C(C)C)C(C)C. The molecule has 0 heterocycles. The molecule has 21 heavy (non-hydrogen) atoms. The molecule has 1 rings (SSSR count). The summed E-state index contributed by atoms with van der Waals surface area (Å²) in [6.07, 6.45) is -0.535. The Balaban J connectivity index is 2.85. The molecule has 2 atom stereocenters. The maximum Gasteiger partial charge on any atom is 0.318 e. The van der Waals surface area contributed by atoms with Gasteiger partial charge in [0.1, 0.15) is 0 Å². The van der Waals surface area contributed by atoms with Gasteiger partial charge in [0, 0.05) is 12.6 Å². The van der Waals surface area contributed by atoms with Crippen LogP contribution in [0.2, 0.25) is 0 Å². The minimum absolute atomic E-state index is 0.0334. The van der Waals surface area contributed by atoms with E-state index in [1.54, 1.807) is 11.8 Å². The summed E-state index contributed by atoms with van der Waals surface area (Å²) in [7, 11) is 0. The van der Waals surface area contributed by atoms with Crippen molar-refractivity contribution in [3.8, 4) is 0 Å². The first-order valence-corrected chi connectivity index (χ1v) is 7.63. The van der Waals surface area contributed by atoms with Crippen LogP contribution in [-0.2, 0) is 0 Å². The Morgan fingerprint density at radius 2 is 1.71 bits per heavy atom. The molecule has 118 valence electrons. The Labute approximate surface area is 128 Å². The lowest BCUT2D eigenvalue weighted by molar-refractivity contribution is 0.116. The summed E-state index contributed by atoms with van der Waals surface area (Å²) in [5.74, 6) is 0.289. The third kappa shape index (κ3) is 5.38. The second-order valence-corrected chi connectivity index (χ2v) is 6.18. The lowest BCUT2D eigenvalue weighted by Gasteiger charge is -2.31. The fourth-order valence-corrected chi connectivity index (χ4v) is 2.32. The minimum atomic E-state index is -0.535. The maximum atomic E-state index is 12.5. The summed E-state index contributed by atoms with van der Waals surface area (Å²) in [4.78, 5) is 14.2. The largest absolute Gasteiger partial charge is 0.392 e. The van der Waals surface area contributed by atoms with Crippen LogP contribution in [0.3, 0.4) is 0 Å². The molecule has 0 saturated heterocycles. The van der Waals surface area contributed by atoms with Gasteiger partial charge in [0.15, 0.2) is 0 Å². The van der Waals surface area contributed by atoms with Crippen molar-refractivity contribution in [3.05, 3.63) is 35.9 Å². The van der Waals surface area contributed by atoms with Crippen molar-refractivity contribution in [2.45, 2.75) is 52.8 Å². The molecular formula is C17H28N2O2. The van der Waals surface area contributed by atoms with E-state index in [1.165, 1.54) is 0 Å². The summed E-state index contributed by atoms with van der Waals surface area (Å²) in [5.41, 5.74) is 1.10. The minimum Gasteiger partial charge on any atom is -0.392 e. The average molecular weight is 292 g/mol. The molecule has 1 aromatic rings. The molecule has 4 heteroatoms. The Bertz CT molecular complexity index is 430. The first kappa shape index (κ1) is 17.5. The highest BCUT2D eigenvalue weighted by Gasteiger charge is 2.24. The van der Waals surface area contributed by atoms with Gasteiger partial charge in [-0.05, 0) is 32.3 Å². The van der Waals surface area contributed by atoms with Crippen LogP contribution >= 0.6 is 0 Å². The van der Waals surface area contributed by atoms with Gasteiger partial charge in [-0.2, -0.15) is 0 Å². The molecule has 0 aliphatic carbocycles. The lowest BCUT2D eigenvalue weighted by Crippen LogP contribution is -2.48. The number of hydrogen-bond acceptors (Lipinski definition) is 2. The number of aliphatic hydroxyl groups excluding tert-OH is 1. The Hall–Kier alpha value is -1.55. The molecule has 0 radical (unpaired) electrons. The van der Waals surface area contributed by atoms with Crippen molar-refractivity contribution in [2.24, 2.45) is 5.92 Å². The number of carbonyl (C=O) groups is 1. The van der Waals surface area contributed by atoms with Crippen LogP contribution in [0.25, 0.3) is 0 Å². The summed E-state index contributed by atoms with van der Waals surface area (Å²) in [5, 5.41) is 12.7. The average Bonchev–Trinajstić information content (AvgIpc) is 2.42. The van der Waals surface area contributed by atoms with Gasteiger partial charge in [-0.15, -0.1) is 0 Å². The molecule has 2 unspecified atom stereocenters. The quantitative estimate of drug-likeness (QED) is 0.846. The van der Waals surface area contributed by atoms with Crippen molar-refractivity contribution in [1.82, 2.24) is 10.2 Å². The maximum absolute atomic E-state index is 12.5. The monoisotopic (exact) mass is 292 g/mol. The molecule has 2 amide bonds. The fourth-order valence-electron chi connectivity index (χ4n) is 2.32. The van der Waals surface area contributed by atoms with Gasteiger partial charge in [-0.1, -0.05) is 44.2 Å². The highest BCUT2D eigenvalue weighted by molar-refractivity contribution is 5.75. The second-order valence-electron chi connectivity index (χ2n) is 6.18. The van der Waals surface area contributed by atoms with E-state index in [2.05, 4.69) is 19.2 Å². The molecule has 0 bridgehead atoms. The summed E-state index contributed by atoms with van der Waals surface area (Å²) >= 11 is 0. The van der Waals surface area contributed by atoms with E-state index in [0.29, 0.717) is 6.54 Å². The van der Waals surface area contributed by atoms with Crippen molar-refractivity contribution < 1.29 is 9.90 Å². The van der Waals surface area contributed by atoms with Gasteiger partial charge >= 0.3 is 6.03 Å². The molecule has 0 fully saturated rings. The molecule has 0 aliphatic heterocycles. The van der Waals surface area contributed by atoms with Crippen molar-refractivity contribution in [1.29, 1.82) is 0 Å². The number of amides is 2. The zero-order valence-corrected chi connectivity index (χ0v) is 13.7. The number of urea groups is 1. The highest BCUT2D eigenvalue weighted by atomic mass is 16.3. The molecule has 0 saturated carbocycles. The second kappa shape index (κ2) is 8.03. The first-order chi connectivity index (χ1) is 9.82. The van der Waals surface area contributed by atoms with Crippen LogP contribution in [0, 0.1) is 5.92 Å². The molecule has 1 aromatic carbocycles. The molecule has 0 aliphatic rings. The van der Waals surface area contributed by atoms with Crippen LogP contribution in [0.15, 0.2) is 30.3 Å². The molecule has 2 N–H and O–H groups in total. The summed E-state index contributed by atoms with van der Waals surface area (Å²) < 4.78 is 0. The third-order valence-corrected chi connectivity index (χ3v) is 3.45. The van der Waals surface area contributed by atoms with E-state index in [1.807, 2.05) is 44.2 Å². The van der Waals surface area contributed by atoms with Crippen molar-refractivity contribution >= 4 is 6.03 Å². The predicted octanol–water partition coefficient (Wildman–Crippen LogP) is 3.18. The Morgan fingerprint density at radius 3 is 2.14 bits per heavy atom. The topological polar surface area (TPSA) is 52.6 Å². The molecule has 0 spiro atoms.